The molecule has 186 valence electrons. The van der Waals surface area contributed by atoms with Crippen LogP contribution in [0.5, 0.6) is 5.75 Å². The van der Waals surface area contributed by atoms with Crippen molar-refractivity contribution < 1.29 is 22.4 Å². The molecule has 2 aliphatic heterocycles. The second-order valence-corrected chi connectivity index (χ2v) is 10.4. The van der Waals surface area contributed by atoms with Gasteiger partial charge in [0.25, 0.3) is 0 Å². The Kier molecular flexibility index (Phi) is 6.89. The van der Waals surface area contributed by atoms with Gasteiger partial charge >= 0.3 is 0 Å². The fraction of sp³-hybridized carbons (Fsp3) is 0.417. The van der Waals surface area contributed by atoms with Crippen LogP contribution in [0, 0.1) is 0 Å². The summed E-state index contributed by atoms with van der Waals surface area (Å²) < 4.78 is 44.1. The van der Waals surface area contributed by atoms with E-state index in [1.165, 1.54) is 4.31 Å². The molecule has 2 saturated heterocycles. The van der Waals surface area contributed by atoms with Gasteiger partial charge in [-0.3, -0.25) is 0 Å². The molecular formula is C24H29N5O5S. The van der Waals surface area contributed by atoms with Crippen LogP contribution < -0.4 is 15.0 Å². The number of morpholine rings is 1. The number of para-hydroxylation sites is 1. The van der Waals surface area contributed by atoms with Gasteiger partial charge in [-0.2, -0.15) is 9.29 Å². The predicted molar refractivity (Wildman–Crippen MR) is 131 cm³/mol. The van der Waals surface area contributed by atoms with E-state index < -0.39 is 10.0 Å². The molecule has 0 bridgehead atoms. The van der Waals surface area contributed by atoms with Crippen LogP contribution >= 0.6 is 0 Å². The minimum atomic E-state index is -3.62. The van der Waals surface area contributed by atoms with Crippen LogP contribution in [0.4, 0.5) is 11.4 Å². The van der Waals surface area contributed by atoms with E-state index >= 15 is 0 Å². The maximum absolute atomic E-state index is 13.2. The lowest BCUT2D eigenvalue weighted by Gasteiger charge is -2.27. The highest BCUT2D eigenvalue weighted by molar-refractivity contribution is 7.89. The summed E-state index contributed by atoms with van der Waals surface area (Å²) in [5.74, 6) is 1.48. The van der Waals surface area contributed by atoms with Crippen molar-refractivity contribution in [2.24, 2.45) is 0 Å². The minimum Gasteiger partial charge on any atom is -0.496 e. The van der Waals surface area contributed by atoms with Gasteiger partial charge in [-0.15, -0.1) is 0 Å². The van der Waals surface area contributed by atoms with E-state index in [-0.39, 0.29) is 11.4 Å². The van der Waals surface area contributed by atoms with Gasteiger partial charge in [-0.05, 0) is 43.2 Å². The molecule has 0 spiro atoms. The number of sulfonamides is 1. The maximum atomic E-state index is 13.2. The van der Waals surface area contributed by atoms with Crippen LogP contribution in [0.3, 0.4) is 0 Å². The third-order valence-corrected chi connectivity index (χ3v) is 8.16. The van der Waals surface area contributed by atoms with Crippen LogP contribution in [0.1, 0.15) is 18.7 Å². The van der Waals surface area contributed by atoms with Gasteiger partial charge in [0.05, 0.1) is 48.7 Å². The molecule has 0 saturated carbocycles. The number of nitrogens with one attached hydrogen (secondary N) is 1. The zero-order valence-corrected chi connectivity index (χ0v) is 20.5. The molecule has 10 nitrogen and oxygen atoms in total. The number of nitrogens with zero attached hydrogens (tertiary/aromatic N) is 4. The lowest BCUT2D eigenvalue weighted by atomic mass is 10.2. The van der Waals surface area contributed by atoms with Crippen LogP contribution in [-0.4, -0.2) is 69.4 Å². The van der Waals surface area contributed by atoms with Crippen molar-refractivity contribution in [3.8, 4) is 17.1 Å². The molecule has 1 aromatic heterocycles. The van der Waals surface area contributed by atoms with Crippen molar-refractivity contribution in [3.63, 3.8) is 0 Å². The Labute approximate surface area is 204 Å². The Bertz CT molecular complexity index is 1270. The zero-order chi connectivity index (χ0) is 24.3. The van der Waals surface area contributed by atoms with E-state index in [0.717, 1.165) is 42.9 Å². The number of rotatable bonds is 8. The van der Waals surface area contributed by atoms with E-state index in [4.69, 9.17) is 14.0 Å². The molecular weight excluding hydrogens is 470 g/mol. The van der Waals surface area contributed by atoms with Gasteiger partial charge in [0, 0.05) is 26.2 Å². The molecule has 0 aliphatic carbocycles. The number of methoxy groups -OCH3 is 1. The van der Waals surface area contributed by atoms with Gasteiger partial charge in [0.2, 0.25) is 21.7 Å². The van der Waals surface area contributed by atoms with Crippen molar-refractivity contribution in [1.29, 1.82) is 0 Å². The van der Waals surface area contributed by atoms with Crippen LogP contribution in [-0.2, 0) is 21.3 Å². The quantitative estimate of drug-likeness (QED) is 0.500. The number of hydrogen-bond donors (Lipinski definition) is 1. The molecule has 0 radical (unpaired) electrons. The first-order chi connectivity index (χ1) is 17.1. The molecule has 2 fully saturated rings. The van der Waals surface area contributed by atoms with Crippen LogP contribution in [0.2, 0.25) is 0 Å². The van der Waals surface area contributed by atoms with E-state index in [1.807, 2.05) is 30.3 Å². The van der Waals surface area contributed by atoms with Gasteiger partial charge < -0.3 is 24.2 Å². The number of aromatic nitrogens is 2. The molecule has 0 amide bonds. The molecule has 3 heterocycles. The fourth-order valence-corrected chi connectivity index (χ4v) is 5.86. The molecule has 11 heteroatoms. The highest BCUT2D eigenvalue weighted by Gasteiger charge is 2.28. The monoisotopic (exact) mass is 499 g/mol. The Morgan fingerprint density at radius 3 is 2.60 bits per heavy atom. The van der Waals surface area contributed by atoms with Gasteiger partial charge in [-0.1, -0.05) is 17.3 Å². The second kappa shape index (κ2) is 10.2. The van der Waals surface area contributed by atoms with Gasteiger partial charge in [-0.25, -0.2) is 8.42 Å². The predicted octanol–water partition coefficient (Wildman–Crippen LogP) is 2.98. The first-order valence-electron chi connectivity index (χ1n) is 11.7. The number of anilines is 2. The maximum Gasteiger partial charge on any atom is 0.246 e. The number of ether oxygens (including phenoxy) is 2. The average molecular weight is 500 g/mol. The van der Waals surface area contributed by atoms with Crippen LogP contribution in [0.15, 0.2) is 51.9 Å². The lowest BCUT2D eigenvalue weighted by molar-refractivity contribution is 0.0730. The van der Waals surface area contributed by atoms with Crippen LogP contribution in [0.25, 0.3) is 11.4 Å². The van der Waals surface area contributed by atoms with E-state index in [2.05, 4.69) is 20.4 Å². The third-order valence-electron chi connectivity index (χ3n) is 6.27. The van der Waals surface area contributed by atoms with E-state index in [0.29, 0.717) is 43.8 Å². The van der Waals surface area contributed by atoms with Gasteiger partial charge in [0.1, 0.15) is 5.75 Å². The summed E-state index contributed by atoms with van der Waals surface area (Å²) in [6, 6.07) is 12.7. The van der Waals surface area contributed by atoms with Crippen molar-refractivity contribution in [2.45, 2.75) is 24.3 Å². The zero-order valence-electron chi connectivity index (χ0n) is 19.6. The molecule has 35 heavy (non-hydrogen) atoms. The number of benzene rings is 2. The normalized spacial score (nSPS) is 17.0. The molecule has 2 aliphatic rings. The fourth-order valence-electron chi connectivity index (χ4n) is 4.42. The molecule has 3 aromatic rings. The van der Waals surface area contributed by atoms with E-state index in [9.17, 15) is 8.42 Å². The smallest absolute Gasteiger partial charge is 0.246 e. The van der Waals surface area contributed by atoms with Crippen molar-refractivity contribution in [3.05, 3.63) is 48.4 Å². The molecule has 1 N–H and O–H groups in total. The van der Waals surface area contributed by atoms with Crippen molar-refractivity contribution in [2.75, 3.05) is 56.7 Å². The summed E-state index contributed by atoms with van der Waals surface area (Å²) in [7, 11) is -2.02. The lowest BCUT2D eigenvalue weighted by Crippen LogP contribution is -2.40. The van der Waals surface area contributed by atoms with E-state index in [1.54, 1.807) is 19.2 Å². The highest BCUT2D eigenvalue weighted by Crippen LogP contribution is 2.33. The Hall–Kier alpha value is -3.15. The Morgan fingerprint density at radius 2 is 1.83 bits per heavy atom. The van der Waals surface area contributed by atoms with Crippen molar-refractivity contribution >= 4 is 21.4 Å². The topological polar surface area (TPSA) is 110 Å². The third kappa shape index (κ3) is 4.97. The number of hydrogen-bond acceptors (Lipinski definition) is 9. The summed E-state index contributed by atoms with van der Waals surface area (Å²) in [6.07, 6.45) is 2.22. The van der Waals surface area contributed by atoms with Crippen molar-refractivity contribution in [1.82, 2.24) is 14.4 Å². The standard InChI is InChI=1S/C24H29N5O5S/c1-32-22-7-3-2-6-19(22)24-26-23(34-27-24)17-25-20-16-18(8-9-21(20)28-10-4-5-11-28)35(30,31)29-12-14-33-15-13-29/h2-3,6-9,16,25H,4-5,10-15,17H2,1H3. The highest BCUT2D eigenvalue weighted by atomic mass is 32.2. The average Bonchev–Trinajstić information content (AvgIpc) is 3.60. The molecule has 0 atom stereocenters. The first-order valence-corrected chi connectivity index (χ1v) is 13.2. The Balaban J connectivity index is 1.40. The Morgan fingerprint density at radius 1 is 1.06 bits per heavy atom. The minimum absolute atomic E-state index is 0.254. The summed E-state index contributed by atoms with van der Waals surface area (Å²) in [4.78, 5) is 7.02. The second-order valence-electron chi connectivity index (χ2n) is 8.46. The molecule has 2 aromatic carbocycles. The summed E-state index contributed by atoms with van der Waals surface area (Å²) >= 11 is 0. The van der Waals surface area contributed by atoms with Gasteiger partial charge in [0.15, 0.2) is 0 Å². The largest absolute Gasteiger partial charge is 0.496 e. The summed E-state index contributed by atoms with van der Waals surface area (Å²) in [5.41, 5.74) is 2.42. The first kappa shape index (κ1) is 23.6. The molecule has 0 unspecified atom stereocenters. The SMILES string of the molecule is COc1ccccc1-c1noc(CNc2cc(S(=O)(=O)N3CCOCC3)ccc2N2CCCC2)n1. The molecule has 5 rings (SSSR count). The summed E-state index contributed by atoms with van der Waals surface area (Å²) in [6.45, 7) is 3.64. The summed E-state index contributed by atoms with van der Waals surface area (Å²) in [5, 5.41) is 7.43.